The smallest absolute Gasteiger partial charge is 0.0487 e. The molecule has 0 aromatic rings. The van der Waals surface area contributed by atoms with E-state index in [0.29, 0.717) is 6.61 Å². The fraction of sp³-hybridized carbons (Fsp3) is 1.00. The Labute approximate surface area is 68.8 Å². The Kier molecular flexibility index (Phi) is 9.77. The van der Waals surface area contributed by atoms with Crippen molar-refractivity contribution in [1.82, 2.24) is 5.32 Å². The Morgan fingerprint density at radius 2 is 2.00 bits per heavy atom. The van der Waals surface area contributed by atoms with E-state index in [1.54, 1.807) is 0 Å². The highest BCUT2D eigenvalue weighted by atomic mass is 16.5. The molecule has 11 heavy (non-hydrogen) atoms. The third-order valence-electron chi connectivity index (χ3n) is 1.34. The van der Waals surface area contributed by atoms with Crippen molar-refractivity contribution < 1.29 is 9.84 Å². The van der Waals surface area contributed by atoms with Gasteiger partial charge in [0.1, 0.15) is 0 Å². The number of rotatable bonds is 8. The fourth-order valence-corrected chi connectivity index (χ4v) is 0.745. The van der Waals surface area contributed by atoms with Crippen molar-refractivity contribution in [2.75, 3.05) is 32.9 Å². The molecule has 0 fully saturated rings. The lowest BCUT2D eigenvalue weighted by molar-refractivity contribution is 0.114. The van der Waals surface area contributed by atoms with Crippen LogP contribution in [0.5, 0.6) is 0 Å². The molecule has 0 saturated heterocycles. The van der Waals surface area contributed by atoms with Crippen LogP contribution in [0, 0.1) is 0 Å². The molecule has 0 unspecified atom stereocenters. The lowest BCUT2D eigenvalue weighted by Crippen LogP contribution is -2.15. The summed E-state index contributed by atoms with van der Waals surface area (Å²) in [6.45, 7) is 5.85. The molecule has 0 rings (SSSR count). The number of nitrogens with one attached hydrogen (secondary N) is 1. The van der Waals surface area contributed by atoms with Crippen LogP contribution in [0.1, 0.15) is 19.8 Å². The first-order valence-corrected chi connectivity index (χ1v) is 4.31. The van der Waals surface area contributed by atoms with Gasteiger partial charge in [0.15, 0.2) is 0 Å². The van der Waals surface area contributed by atoms with Gasteiger partial charge in [0.05, 0.1) is 0 Å². The number of ether oxygens (including phenoxy) is 1. The first kappa shape index (κ1) is 10.9. The minimum Gasteiger partial charge on any atom is -0.396 e. The predicted octanol–water partition coefficient (Wildman–Crippen LogP) is 0.385. The number of hydrogen-bond donors (Lipinski definition) is 2. The van der Waals surface area contributed by atoms with Gasteiger partial charge in [0.25, 0.3) is 0 Å². The molecule has 0 aliphatic rings. The Bertz CT molecular complexity index is 61.1. The van der Waals surface area contributed by atoms with E-state index in [2.05, 4.69) is 12.2 Å². The van der Waals surface area contributed by atoms with Crippen molar-refractivity contribution in [3.63, 3.8) is 0 Å². The van der Waals surface area contributed by atoms with Crippen molar-refractivity contribution in [2.24, 2.45) is 0 Å². The van der Waals surface area contributed by atoms with E-state index in [1.165, 1.54) is 0 Å². The summed E-state index contributed by atoms with van der Waals surface area (Å²) in [5.41, 5.74) is 0. The van der Waals surface area contributed by atoms with Crippen LogP contribution in [0.2, 0.25) is 0 Å². The van der Waals surface area contributed by atoms with Crippen LogP contribution in [0.15, 0.2) is 0 Å². The van der Waals surface area contributed by atoms with Crippen LogP contribution in [0.4, 0.5) is 0 Å². The van der Waals surface area contributed by atoms with Crippen molar-refractivity contribution in [3.8, 4) is 0 Å². The van der Waals surface area contributed by atoms with Crippen LogP contribution < -0.4 is 5.32 Å². The van der Waals surface area contributed by atoms with Crippen LogP contribution in [0.25, 0.3) is 0 Å². The summed E-state index contributed by atoms with van der Waals surface area (Å²) in [6, 6.07) is 0. The third-order valence-corrected chi connectivity index (χ3v) is 1.34. The Morgan fingerprint density at radius 1 is 1.27 bits per heavy atom. The Hall–Kier alpha value is -0.120. The predicted molar refractivity (Wildman–Crippen MR) is 45.7 cm³/mol. The van der Waals surface area contributed by atoms with E-state index in [0.717, 1.165) is 32.5 Å². The summed E-state index contributed by atoms with van der Waals surface area (Å²) in [5, 5.41) is 11.6. The van der Waals surface area contributed by atoms with E-state index in [-0.39, 0.29) is 6.61 Å². The summed E-state index contributed by atoms with van der Waals surface area (Å²) >= 11 is 0. The normalized spacial score (nSPS) is 10.4. The summed E-state index contributed by atoms with van der Waals surface area (Å²) in [7, 11) is 0. The largest absolute Gasteiger partial charge is 0.396 e. The van der Waals surface area contributed by atoms with Crippen molar-refractivity contribution >= 4 is 0 Å². The van der Waals surface area contributed by atoms with Crippen LogP contribution >= 0.6 is 0 Å². The summed E-state index contributed by atoms with van der Waals surface area (Å²) in [4.78, 5) is 0. The average Bonchev–Trinajstić information content (AvgIpc) is 2.03. The second-order valence-corrected chi connectivity index (χ2v) is 2.40. The van der Waals surface area contributed by atoms with E-state index in [9.17, 15) is 0 Å². The zero-order valence-electron chi connectivity index (χ0n) is 7.31. The summed E-state index contributed by atoms with van der Waals surface area (Å²) < 4.78 is 5.22. The maximum atomic E-state index is 8.41. The number of aliphatic hydroxyl groups excluding tert-OH is 1. The molecule has 0 aromatic heterocycles. The molecule has 0 aliphatic carbocycles. The molecule has 0 bridgehead atoms. The zero-order valence-corrected chi connectivity index (χ0v) is 7.31. The lowest BCUT2D eigenvalue weighted by atomic mass is 10.4. The molecule has 0 aliphatic heterocycles. The third kappa shape index (κ3) is 9.88. The van der Waals surface area contributed by atoms with Gasteiger partial charge < -0.3 is 15.2 Å². The summed E-state index contributed by atoms with van der Waals surface area (Å²) in [6.07, 6.45) is 1.81. The quantitative estimate of drug-likeness (QED) is 0.506. The molecule has 0 saturated carbocycles. The molecule has 0 heterocycles. The van der Waals surface area contributed by atoms with Crippen molar-refractivity contribution in [3.05, 3.63) is 0 Å². The zero-order chi connectivity index (χ0) is 8.36. The van der Waals surface area contributed by atoms with Gasteiger partial charge >= 0.3 is 0 Å². The minimum atomic E-state index is 0.229. The minimum absolute atomic E-state index is 0.229. The molecule has 3 nitrogen and oxygen atoms in total. The second kappa shape index (κ2) is 9.88. The molecule has 0 amide bonds. The topological polar surface area (TPSA) is 41.5 Å². The first-order chi connectivity index (χ1) is 5.41. The highest BCUT2D eigenvalue weighted by Gasteiger charge is 1.87. The van der Waals surface area contributed by atoms with Gasteiger partial charge in [-0.25, -0.2) is 0 Å². The van der Waals surface area contributed by atoms with Gasteiger partial charge in [-0.2, -0.15) is 0 Å². The second-order valence-electron chi connectivity index (χ2n) is 2.40. The monoisotopic (exact) mass is 161 g/mol. The molecule has 0 aromatic carbocycles. The molecule has 0 atom stereocenters. The SMILES string of the molecule is CCNCCCOCCCO. The van der Waals surface area contributed by atoms with Crippen molar-refractivity contribution in [2.45, 2.75) is 19.8 Å². The first-order valence-electron chi connectivity index (χ1n) is 4.31. The van der Waals surface area contributed by atoms with Crippen molar-refractivity contribution in [1.29, 1.82) is 0 Å². The van der Waals surface area contributed by atoms with E-state index in [4.69, 9.17) is 9.84 Å². The average molecular weight is 161 g/mol. The van der Waals surface area contributed by atoms with Gasteiger partial charge in [0.2, 0.25) is 0 Å². The lowest BCUT2D eigenvalue weighted by Gasteiger charge is -2.02. The Morgan fingerprint density at radius 3 is 2.64 bits per heavy atom. The van der Waals surface area contributed by atoms with E-state index < -0.39 is 0 Å². The standard InChI is InChI=1S/C8H19NO2/c1-2-9-5-3-7-11-8-4-6-10/h9-10H,2-8H2,1H3. The fourth-order valence-electron chi connectivity index (χ4n) is 0.745. The van der Waals surface area contributed by atoms with Gasteiger partial charge in [-0.1, -0.05) is 6.92 Å². The molecular weight excluding hydrogens is 142 g/mol. The van der Waals surface area contributed by atoms with Gasteiger partial charge in [-0.3, -0.25) is 0 Å². The molecular formula is C8H19NO2. The highest BCUT2D eigenvalue weighted by molar-refractivity contribution is 4.42. The van der Waals surface area contributed by atoms with Crippen LogP contribution in [0.3, 0.4) is 0 Å². The molecule has 0 spiro atoms. The van der Waals surface area contributed by atoms with Gasteiger partial charge in [-0.15, -0.1) is 0 Å². The van der Waals surface area contributed by atoms with Gasteiger partial charge in [-0.05, 0) is 25.9 Å². The van der Waals surface area contributed by atoms with E-state index >= 15 is 0 Å². The molecule has 2 N–H and O–H groups in total. The number of aliphatic hydroxyl groups is 1. The highest BCUT2D eigenvalue weighted by Crippen LogP contribution is 1.83. The maximum Gasteiger partial charge on any atom is 0.0487 e. The van der Waals surface area contributed by atoms with Crippen LogP contribution in [-0.2, 0) is 4.74 Å². The van der Waals surface area contributed by atoms with E-state index in [1.807, 2.05) is 0 Å². The summed E-state index contributed by atoms with van der Waals surface area (Å²) in [5.74, 6) is 0. The molecule has 3 heteroatoms. The Balaban J connectivity index is 2.69. The molecule has 68 valence electrons. The number of hydrogen-bond acceptors (Lipinski definition) is 3. The van der Waals surface area contributed by atoms with Crippen LogP contribution in [-0.4, -0.2) is 38.0 Å². The molecule has 0 radical (unpaired) electrons. The maximum absolute atomic E-state index is 8.41. The van der Waals surface area contributed by atoms with Gasteiger partial charge in [0, 0.05) is 19.8 Å².